The van der Waals surface area contributed by atoms with Crippen LogP contribution in [0.1, 0.15) is 84.5 Å². The van der Waals surface area contributed by atoms with Crippen molar-refractivity contribution < 1.29 is 18.7 Å². The average molecular weight is 645 g/mol. The fourth-order valence-electron chi connectivity index (χ4n) is 8.99. The highest BCUT2D eigenvalue weighted by atomic mass is 19.1. The number of nitrogen functional groups attached to an aromatic ring is 1. The monoisotopic (exact) mass is 644 g/mol. The number of carbonyl (C=O) groups excluding carboxylic acids is 1. The first kappa shape index (κ1) is 30.6. The van der Waals surface area contributed by atoms with E-state index < -0.39 is 11.8 Å². The van der Waals surface area contributed by atoms with Crippen LogP contribution in [0.25, 0.3) is 0 Å². The maximum Gasteiger partial charge on any atom is 0.318 e. The lowest BCUT2D eigenvalue weighted by molar-refractivity contribution is -0.0802. The number of alkyl halides is 1. The third-order valence-electron chi connectivity index (χ3n) is 11.2. The van der Waals surface area contributed by atoms with Gasteiger partial charge in [-0.05, 0) is 67.0 Å². The maximum absolute atomic E-state index is 14.6. The summed E-state index contributed by atoms with van der Waals surface area (Å²) in [5.74, 6) is 0.671. The van der Waals surface area contributed by atoms with E-state index in [2.05, 4.69) is 40.9 Å². The molecule has 1 aliphatic carbocycles. The minimum Gasteiger partial charge on any atom is -0.461 e. The summed E-state index contributed by atoms with van der Waals surface area (Å²) in [6, 6.07) is 8.39. The number of hydrogen-bond donors (Lipinski definition) is 1. The zero-order chi connectivity index (χ0) is 32.7. The molecule has 11 nitrogen and oxygen atoms in total. The van der Waals surface area contributed by atoms with Gasteiger partial charge in [0.05, 0.1) is 30.1 Å². The van der Waals surface area contributed by atoms with Crippen molar-refractivity contribution in [1.29, 1.82) is 0 Å². The number of aromatic nitrogens is 4. The van der Waals surface area contributed by atoms with Crippen LogP contribution in [0, 0.1) is 0 Å². The fraction of sp³-hybridized carbons (Fsp3) is 0.600. The number of nitrogens with zero attached hydrogens (tertiary/aromatic N) is 7. The van der Waals surface area contributed by atoms with Crippen molar-refractivity contribution in [3.8, 4) is 6.01 Å². The Hall–Kier alpha value is -3.77. The molecule has 250 valence electrons. The molecule has 2 N–H and O–H groups in total. The Morgan fingerprint density at radius 3 is 2.83 bits per heavy atom. The van der Waals surface area contributed by atoms with E-state index in [4.69, 9.17) is 25.2 Å². The predicted octanol–water partition coefficient (Wildman–Crippen LogP) is 3.97. The van der Waals surface area contributed by atoms with Gasteiger partial charge in [0, 0.05) is 57.8 Å². The number of anilines is 2. The van der Waals surface area contributed by atoms with Gasteiger partial charge in [-0.2, -0.15) is 15.1 Å². The lowest BCUT2D eigenvalue weighted by Crippen LogP contribution is -2.43. The van der Waals surface area contributed by atoms with Crippen LogP contribution in [-0.4, -0.2) is 87.5 Å². The van der Waals surface area contributed by atoms with Gasteiger partial charge >= 0.3 is 6.01 Å². The van der Waals surface area contributed by atoms with E-state index in [0.29, 0.717) is 57.4 Å². The molecular formula is C35H45FN8O3. The molecule has 12 heteroatoms. The highest BCUT2D eigenvalue weighted by molar-refractivity contribution is 5.92. The number of benzene rings is 1. The van der Waals surface area contributed by atoms with E-state index in [-0.39, 0.29) is 16.9 Å². The van der Waals surface area contributed by atoms with Crippen molar-refractivity contribution in [2.75, 3.05) is 51.0 Å². The predicted molar refractivity (Wildman–Crippen MR) is 175 cm³/mol. The number of nitrogens with two attached hydrogens (primary N) is 1. The van der Waals surface area contributed by atoms with Gasteiger partial charge in [-0.1, -0.05) is 19.9 Å². The Morgan fingerprint density at radius 2 is 2.00 bits per heavy atom. The van der Waals surface area contributed by atoms with Crippen LogP contribution in [0.5, 0.6) is 6.01 Å². The molecule has 0 bridgehead atoms. The number of rotatable bonds is 5. The highest BCUT2D eigenvalue weighted by Crippen LogP contribution is 2.54. The van der Waals surface area contributed by atoms with Gasteiger partial charge in [0.2, 0.25) is 0 Å². The molecule has 1 spiro atoms. The van der Waals surface area contributed by atoms with Gasteiger partial charge in [-0.3, -0.25) is 14.4 Å². The third-order valence-corrected chi connectivity index (χ3v) is 11.2. The van der Waals surface area contributed by atoms with Gasteiger partial charge in [0.15, 0.2) is 5.69 Å². The quantitative estimate of drug-likeness (QED) is 0.412. The lowest BCUT2D eigenvalue weighted by Gasteiger charge is -2.38. The smallest absolute Gasteiger partial charge is 0.318 e. The summed E-state index contributed by atoms with van der Waals surface area (Å²) in [6.07, 6.45) is 3.84. The molecule has 0 saturated carbocycles. The Kier molecular flexibility index (Phi) is 7.07. The molecule has 2 aromatic heterocycles. The Bertz CT molecular complexity index is 1740. The lowest BCUT2D eigenvalue weighted by atomic mass is 9.82. The van der Waals surface area contributed by atoms with Gasteiger partial charge in [-0.25, -0.2) is 4.39 Å². The summed E-state index contributed by atoms with van der Waals surface area (Å²) < 4.78 is 29.9. The number of hydrogen-bond acceptors (Lipinski definition) is 9. The second-order valence-electron chi connectivity index (χ2n) is 15.2. The number of halogens is 1. The summed E-state index contributed by atoms with van der Waals surface area (Å²) in [5.41, 5.74) is 11.8. The minimum absolute atomic E-state index is 0.0862. The van der Waals surface area contributed by atoms with Crippen LogP contribution in [-0.2, 0) is 41.9 Å². The maximum atomic E-state index is 14.6. The van der Waals surface area contributed by atoms with E-state index in [1.165, 1.54) is 5.56 Å². The van der Waals surface area contributed by atoms with Crippen LogP contribution < -0.4 is 15.4 Å². The Balaban J connectivity index is 1.17. The van der Waals surface area contributed by atoms with Crippen molar-refractivity contribution in [3.63, 3.8) is 0 Å². The number of carbonyl (C=O) groups is 1. The standard InChI is InChI=1S/C35H45FN8O3/c1-33(2)20-35(27-13-23(37)7-8-26(27)33)16-29-25(19-47-35)30(39-32(38-29)46-21-34-9-5-11-43(34)17-22(36)15-34)42-10-6-12-44-24(18-42)14-28(40-44)31(45)41(3)4/h7-8,13-14,22H,5-6,9-12,15-21,37H2,1-4H3/t22-,34+,35?/m1/s1. The highest BCUT2D eigenvalue weighted by Gasteiger charge is 2.52. The number of aryl methyl sites for hydroxylation is 1. The number of ether oxygens (including phenoxy) is 2. The molecule has 8 rings (SSSR count). The molecule has 4 aliphatic heterocycles. The number of amides is 1. The Morgan fingerprint density at radius 1 is 1.15 bits per heavy atom. The van der Waals surface area contributed by atoms with Gasteiger partial charge in [-0.15, -0.1) is 0 Å². The molecule has 5 aliphatic rings. The molecule has 3 aromatic rings. The second-order valence-corrected chi connectivity index (χ2v) is 15.2. The topological polar surface area (TPSA) is 115 Å². The summed E-state index contributed by atoms with van der Waals surface area (Å²) in [6.45, 7) is 8.61. The molecule has 3 atom stereocenters. The first-order valence-corrected chi connectivity index (χ1v) is 16.9. The average Bonchev–Trinajstić information content (AvgIpc) is 3.70. The third kappa shape index (κ3) is 5.06. The number of fused-ring (bicyclic) bond motifs is 5. The molecule has 2 saturated heterocycles. The summed E-state index contributed by atoms with van der Waals surface area (Å²) in [7, 11) is 3.48. The Labute approximate surface area is 275 Å². The van der Waals surface area contributed by atoms with E-state index in [1.54, 1.807) is 19.0 Å². The zero-order valence-corrected chi connectivity index (χ0v) is 27.9. The zero-order valence-electron chi connectivity index (χ0n) is 27.9. The van der Waals surface area contributed by atoms with Crippen molar-refractivity contribution in [2.24, 2.45) is 0 Å². The van der Waals surface area contributed by atoms with Crippen molar-refractivity contribution in [2.45, 2.75) is 94.8 Å². The second kappa shape index (κ2) is 10.9. The molecule has 2 fully saturated rings. The summed E-state index contributed by atoms with van der Waals surface area (Å²) in [5, 5.41) is 4.64. The van der Waals surface area contributed by atoms with Crippen molar-refractivity contribution >= 4 is 17.4 Å². The molecule has 1 amide bonds. The van der Waals surface area contributed by atoms with Crippen LogP contribution in [0.15, 0.2) is 24.3 Å². The van der Waals surface area contributed by atoms with Crippen molar-refractivity contribution in [1.82, 2.24) is 29.5 Å². The first-order valence-electron chi connectivity index (χ1n) is 16.9. The normalized spacial score (nSPS) is 27.7. The van der Waals surface area contributed by atoms with Crippen molar-refractivity contribution in [3.05, 3.63) is 58.0 Å². The summed E-state index contributed by atoms with van der Waals surface area (Å²) in [4.78, 5) is 28.9. The molecular weight excluding hydrogens is 599 g/mol. The van der Waals surface area contributed by atoms with Gasteiger partial charge < -0.3 is 25.0 Å². The molecule has 1 aromatic carbocycles. The first-order chi connectivity index (χ1) is 22.5. The minimum atomic E-state index is -0.833. The molecule has 47 heavy (non-hydrogen) atoms. The summed E-state index contributed by atoms with van der Waals surface area (Å²) >= 11 is 0. The van der Waals surface area contributed by atoms with Crippen LogP contribution in [0.3, 0.4) is 0 Å². The fourth-order valence-corrected chi connectivity index (χ4v) is 8.99. The molecule has 6 heterocycles. The molecule has 1 unspecified atom stereocenters. The molecule has 0 radical (unpaired) electrons. The van der Waals surface area contributed by atoms with Crippen LogP contribution >= 0.6 is 0 Å². The largest absolute Gasteiger partial charge is 0.461 e. The van der Waals surface area contributed by atoms with E-state index in [0.717, 1.165) is 72.8 Å². The van der Waals surface area contributed by atoms with Crippen LogP contribution in [0.4, 0.5) is 15.9 Å². The van der Waals surface area contributed by atoms with E-state index >= 15 is 0 Å². The van der Waals surface area contributed by atoms with E-state index in [1.807, 2.05) is 16.8 Å². The SMILES string of the molecule is CN(C)C(=O)c1cc2n(n1)CCCN(c1nc(OC[C@@]34CCCN3C[C@H](F)C4)nc3c1COC1(C3)CC(C)(C)c3ccc(N)cc31)C2. The van der Waals surface area contributed by atoms with E-state index in [9.17, 15) is 9.18 Å². The van der Waals surface area contributed by atoms with Gasteiger partial charge in [0.25, 0.3) is 5.91 Å². The van der Waals surface area contributed by atoms with Gasteiger partial charge in [0.1, 0.15) is 24.2 Å². The van der Waals surface area contributed by atoms with Crippen LogP contribution in [0.2, 0.25) is 0 Å².